The van der Waals surface area contributed by atoms with Crippen molar-refractivity contribution in [1.29, 1.82) is 0 Å². The molecule has 3 aromatic rings. The summed E-state index contributed by atoms with van der Waals surface area (Å²) in [5, 5.41) is 9.07. The van der Waals surface area contributed by atoms with Gasteiger partial charge < -0.3 is 25.4 Å². The lowest BCUT2D eigenvalue weighted by atomic mass is 10.1. The van der Waals surface area contributed by atoms with Crippen molar-refractivity contribution in [1.82, 2.24) is 25.1 Å². The lowest BCUT2D eigenvalue weighted by Crippen LogP contribution is -2.37. The lowest BCUT2D eigenvalue weighted by molar-refractivity contribution is 0.122. The molecular weight excluding hydrogens is 398 g/mol. The molecule has 0 atom stereocenters. The number of benzene rings is 1. The summed E-state index contributed by atoms with van der Waals surface area (Å²) in [6.45, 7) is 4.83. The summed E-state index contributed by atoms with van der Waals surface area (Å²) >= 11 is 0. The van der Waals surface area contributed by atoms with Gasteiger partial charge in [-0.2, -0.15) is 5.10 Å². The van der Waals surface area contributed by atoms with E-state index in [1.807, 2.05) is 18.3 Å². The third kappa shape index (κ3) is 4.04. The number of nitrogens with zero attached hydrogens (tertiary/aromatic N) is 5. The van der Waals surface area contributed by atoms with E-state index in [0.29, 0.717) is 30.8 Å². The number of primary amides is 1. The quantitative estimate of drug-likeness (QED) is 0.651. The molecule has 2 aromatic heterocycles. The molecule has 5 rings (SSSR count). The maximum absolute atomic E-state index is 11.0. The number of carbonyl (C=O) groups excluding carboxylic acids is 1. The van der Waals surface area contributed by atoms with Crippen LogP contribution in [0.1, 0.15) is 18.9 Å². The largest absolute Gasteiger partial charge is 0.411 e. The first-order chi connectivity index (χ1) is 15.2. The van der Waals surface area contributed by atoms with E-state index in [-0.39, 0.29) is 0 Å². The minimum Gasteiger partial charge on any atom is -0.411 e. The third-order valence-corrected chi connectivity index (χ3v) is 5.73. The summed E-state index contributed by atoms with van der Waals surface area (Å²) in [4.78, 5) is 23.0. The van der Waals surface area contributed by atoms with Gasteiger partial charge in [0.05, 0.1) is 30.8 Å². The third-order valence-electron chi connectivity index (χ3n) is 5.73. The Morgan fingerprint density at radius 1 is 1.13 bits per heavy atom. The van der Waals surface area contributed by atoms with E-state index in [1.54, 1.807) is 12.1 Å². The van der Waals surface area contributed by atoms with Gasteiger partial charge in [-0.25, -0.2) is 19.4 Å². The Morgan fingerprint density at radius 3 is 2.58 bits per heavy atom. The summed E-state index contributed by atoms with van der Waals surface area (Å²) in [6.07, 6.45) is 3.07. The maximum Gasteiger partial charge on any atom is 0.409 e. The lowest BCUT2D eigenvalue weighted by Gasteiger charge is -2.28. The minimum absolute atomic E-state index is 0.311. The molecule has 0 spiro atoms. The molecule has 4 heterocycles. The van der Waals surface area contributed by atoms with Crippen molar-refractivity contribution in [3.8, 4) is 17.1 Å². The van der Waals surface area contributed by atoms with Gasteiger partial charge in [0.15, 0.2) is 11.5 Å². The molecule has 1 aromatic carbocycles. The van der Waals surface area contributed by atoms with E-state index in [0.717, 1.165) is 61.4 Å². The van der Waals surface area contributed by atoms with E-state index in [1.165, 1.54) is 0 Å². The van der Waals surface area contributed by atoms with Gasteiger partial charge in [0.2, 0.25) is 0 Å². The van der Waals surface area contributed by atoms with E-state index in [2.05, 4.69) is 14.9 Å². The highest BCUT2D eigenvalue weighted by molar-refractivity contribution is 5.89. The zero-order chi connectivity index (χ0) is 21.2. The van der Waals surface area contributed by atoms with E-state index in [9.17, 15) is 4.79 Å². The van der Waals surface area contributed by atoms with Crippen molar-refractivity contribution in [2.75, 3.05) is 44.3 Å². The van der Waals surface area contributed by atoms with Crippen molar-refractivity contribution in [2.45, 2.75) is 18.9 Å². The molecular formula is C21H25N7O3. The molecule has 0 unspecified atom stereocenters. The molecule has 0 aliphatic carbocycles. The summed E-state index contributed by atoms with van der Waals surface area (Å²) in [5.41, 5.74) is 6.77. The number of fused-ring (bicyclic) bond motifs is 1. The van der Waals surface area contributed by atoms with Crippen LogP contribution in [0, 0.1) is 0 Å². The average molecular weight is 423 g/mol. The fourth-order valence-corrected chi connectivity index (χ4v) is 4.16. The zero-order valence-corrected chi connectivity index (χ0v) is 17.2. The number of aromatic nitrogens is 4. The van der Waals surface area contributed by atoms with Crippen LogP contribution in [-0.4, -0.2) is 65.2 Å². The van der Waals surface area contributed by atoms with Crippen molar-refractivity contribution in [3.05, 3.63) is 30.5 Å². The first kappa shape index (κ1) is 19.7. The van der Waals surface area contributed by atoms with Crippen molar-refractivity contribution < 1.29 is 14.3 Å². The number of hydrogen-bond acceptors (Lipinski definition) is 8. The Bertz CT molecular complexity index is 1070. The van der Waals surface area contributed by atoms with Gasteiger partial charge in [0, 0.05) is 18.7 Å². The standard InChI is InChI=1S/C21H25N7O3/c22-21(29)31-16-3-1-14(2-4-16)18-25-19(27-9-11-30-12-10-27)17-13-24-28(20(17)26-18)15-5-7-23-8-6-15/h1-4,13,15,23H,5-12H2,(H2,22,29). The van der Waals surface area contributed by atoms with Crippen LogP contribution >= 0.6 is 0 Å². The van der Waals surface area contributed by atoms with Crippen molar-refractivity contribution in [2.24, 2.45) is 5.73 Å². The summed E-state index contributed by atoms with van der Waals surface area (Å²) in [5.74, 6) is 1.86. The Morgan fingerprint density at radius 2 is 1.87 bits per heavy atom. The molecule has 31 heavy (non-hydrogen) atoms. The summed E-state index contributed by atoms with van der Waals surface area (Å²) < 4.78 is 12.5. The minimum atomic E-state index is -0.842. The van der Waals surface area contributed by atoms with Gasteiger partial charge >= 0.3 is 6.09 Å². The maximum atomic E-state index is 11.0. The molecule has 0 radical (unpaired) electrons. The molecule has 2 saturated heterocycles. The van der Waals surface area contributed by atoms with Crippen molar-refractivity contribution in [3.63, 3.8) is 0 Å². The molecule has 10 heteroatoms. The van der Waals surface area contributed by atoms with Gasteiger partial charge in [-0.15, -0.1) is 0 Å². The zero-order valence-electron chi connectivity index (χ0n) is 17.2. The number of hydrogen-bond donors (Lipinski definition) is 2. The Labute approximate surface area is 179 Å². The fourth-order valence-electron chi connectivity index (χ4n) is 4.16. The monoisotopic (exact) mass is 423 g/mol. The van der Waals surface area contributed by atoms with Crippen LogP contribution in [0.2, 0.25) is 0 Å². The molecule has 0 bridgehead atoms. The second-order valence-corrected chi connectivity index (χ2v) is 7.72. The number of morpholine rings is 1. The van der Waals surface area contributed by atoms with Crippen LogP contribution in [0.15, 0.2) is 30.5 Å². The topological polar surface area (TPSA) is 120 Å². The van der Waals surface area contributed by atoms with Crippen LogP contribution < -0.4 is 20.7 Å². The fraction of sp³-hybridized carbons (Fsp3) is 0.429. The second kappa shape index (κ2) is 8.48. The van der Waals surface area contributed by atoms with Crippen LogP contribution in [0.3, 0.4) is 0 Å². The van der Waals surface area contributed by atoms with Gasteiger partial charge in [0.25, 0.3) is 0 Å². The van der Waals surface area contributed by atoms with Crippen LogP contribution in [0.5, 0.6) is 5.75 Å². The van der Waals surface area contributed by atoms with E-state index < -0.39 is 6.09 Å². The highest BCUT2D eigenvalue weighted by atomic mass is 16.5. The number of amides is 1. The molecule has 2 aliphatic rings. The molecule has 10 nitrogen and oxygen atoms in total. The number of nitrogens with one attached hydrogen (secondary N) is 1. The molecule has 162 valence electrons. The molecule has 0 saturated carbocycles. The smallest absolute Gasteiger partial charge is 0.409 e. The summed E-state index contributed by atoms with van der Waals surface area (Å²) in [6, 6.07) is 7.34. The van der Waals surface area contributed by atoms with Crippen LogP contribution in [-0.2, 0) is 4.74 Å². The number of rotatable bonds is 4. The van der Waals surface area contributed by atoms with E-state index >= 15 is 0 Å². The first-order valence-corrected chi connectivity index (χ1v) is 10.6. The number of nitrogens with two attached hydrogens (primary N) is 1. The average Bonchev–Trinajstić information content (AvgIpc) is 3.24. The predicted octanol–water partition coefficient (Wildman–Crippen LogP) is 1.71. The Hall–Kier alpha value is -3.24. The highest BCUT2D eigenvalue weighted by Crippen LogP contribution is 2.31. The Balaban J connectivity index is 1.59. The van der Waals surface area contributed by atoms with Crippen LogP contribution in [0.25, 0.3) is 22.4 Å². The SMILES string of the molecule is NC(=O)Oc1ccc(-c2nc(N3CCOCC3)c3cnn(C4CCNCC4)c3n2)cc1. The normalized spacial score (nSPS) is 17.7. The predicted molar refractivity (Wildman–Crippen MR) is 115 cm³/mol. The molecule has 1 amide bonds. The molecule has 3 N–H and O–H groups in total. The number of anilines is 1. The first-order valence-electron chi connectivity index (χ1n) is 10.6. The van der Waals surface area contributed by atoms with Gasteiger partial charge in [-0.3, -0.25) is 0 Å². The van der Waals surface area contributed by atoms with E-state index in [4.69, 9.17) is 30.3 Å². The van der Waals surface area contributed by atoms with Crippen LogP contribution in [0.4, 0.5) is 10.6 Å². The van der Waals surface area contributed by atoms with Gasteiger partial charge in [-0.05, 0) is 50.2 Å². The Kier molecular flexibility index (Phi) is 5.39. The number of carbonyl (C=O) groups is 1. The second-order valence-electron chi connectivity index (χ2n) is 7.72. The molecule has 2 aliphatic heterocycles. The highest BCUT2D eigenvalue weighted by Gasteiger charge is 2.24. The number of ether oxygens (including phenoxy) is 2. The molecule has 2 fully saturated rings. The van der Waals surface area contributed by atoms with Gasteiger partial charge in [-0.1, -0.05) is 0 Å². The summed E-state index contributed by atoms with van der Waals surface area (Å²) in [7, 11) is 0. The number of piperidine rings is 1. The van der Waals surface area contributed by atoms with Crippen molar-refractivity contribution >= 4 is 22.9 Å². The van der Waals surface area contributed by atoms with Gasteiger partial charge in [0.1, 0.15) is 11.6 Å².